The first-order valence-corrected chi connectivity index (χ1v) is 8.40. The summed E-state index contributed by atoms with van der Waals surface area (Å²) in [5.41, 5.74) is 4.25. The number of nitrogens with zero attached hydrogens (tertiary/aromatic N) is 2. The Hall–Kier alpha value is -1.70. The molecule has 1 aromatic heterocycles. The van der Waals surface area contributed by atoms with E-state index in [1.807, 2.05) is 28.8 Å². The number of hydrogen-bond acceptors (Lipinski definition) is 1. The van der Waals surface area contributed by atoms with E-state index in [1.54, 1.807) is 6.20 Å². The topological polar surface area (TPSA) is 17.8 Å². The first-order valence-electron chi connectivity index (χ1n) is 9.90. The Balaban J connectivity index is 0.00000280. The van der Waals surface area contributed by atoms with E-state index in [1.165, 1.54) is 11.1 Å². The summed E-state index contributed by atoms with van der Waals surface area (Å²) >= 11 is 0. The SMILES string of the molecule is [2H]C([2H])([2H])c1cn(-c2c(C(C)C)cccc2C(C)C)c(-c2[c-]cccc2)n1.[Ir]. The third-order valence-electron chi connectivity index (χ3n) is 4.24. The maximum Gasteiger partial charge on any atom is 0.0606 e. The van der Waals surface area contributed by atoms with Gasteiger partial charge in [0.05, 0.1) is 5.82 Å². The van der Waals surface area contributed by atoms with Crippen LogP contribution in [0.25, 0.3) is 17.1 Å². The minimum Gasteiger partial charge on any atom is -0.339 e. The Morgan fingerprint density at radius 1 is 1.00 bits per heavy atom. The van der Waals surface area contributed by atoms with Crippen LogP contribution in [0.1, 0.15) is 60.5 Å². The molecule has 3 aromatic rings. The molecule has 2 aromatic carbocycles. The number of rotatable bonds is 4. The minimum absolute atomic E-state index is 0. The van der Waals surface area contributed by atoms with E-state index < -0.39 is 6.85 Å². The fourth-order valence-corrected chi connectivity index (χ4v) is 3.06. The Labute approximate surface area is 168 Å². The van der Waals surface area contributed by atoms with Gasteiger partial charge in [0.2, 0.25) is 0 Å². The van der Waals surface area contributed by atoms with Gasteiger partial charge in [-0.15, -0.1) is 35.9 Å². The average molecular weight is 513 g/mol. The van der Waals surface area contributed by atoms with Crippen molar-refractivity contribution in [3.63, 3.8) is 0 Å². The van der Waals surface area contributed by atoms with E-state index in [0.717, 1.165) is 11.3 Å². The second kappa shape index (κ2) is 8.12. The molecule has 0 spiro atoms. The third-order valence-corrected chi connectivity index (χ3v) is 4.24. The fraction of sp³-hybridized carbons (Fsp3) is 0.318. The predicted octanol–water partition coefficient (Wildman–Crippen LogP) is 5.89. The van der Waals surface area contributed by atoms with Crippen molar-refractivity contribution < 1.29 is 24.2 Å². The van der Waals surface area contributed by atoms with E-state index in [2.05, 4.69) is 56.9 Å². The molecule has 0 atom stereocenters. The van der Waals surface area contributed by atoms with E-state index >= 15 is 0 Å². The summed E-state index contributed by atoms with van der Waals surface area (Å²) in [5, 5.41) is 0. The molecule has 0 aliphatic rings. The molecule has 3 heteroatoms. The molecule has 133 valence electrons. The van der Waals surface area contributed by atoms with Crippen molar-refractivity contribution in [2.24, 2.45) is 0 Å². The second-order valence-corrected chi connectivity index (χ2v) is 6.69. The van der Waals surface area contributed by atoms with Gasteiger partial charge < -0.3 is 4.57 Å². The van der Waals surface area contributed by atoms with Gasteiger partial charge in [0.15, 0.2) is 0 Å². The van der Waals surface area contributed by atoms with Gasteiger partial charge in [0.25, 0.3) is 0 Å². The number of benzene rings is 2. The quantitative estimate of drug-likeness (QED) is 0.399. The Kier molecular flexibility index (Phi) is 5.05. The van der Waals surface area contributed by atoms with E-state index in [4.69, 9.17) is 4.11 Å². The van der Waals surface area contributed by atoms with Crippen molar-refractivity contribution in [1.82, 2.24) is 9.55 Å². The zero-order valence-electron chi connectivity index (χ0n) is 18.0. The largest absolute Gasteiger partial charge is 0.339 e. The van der Waals surface area contributed by atoms with Gasteiger partial charge in [-0.05, 0) is 29.8 Å². The van der Waals surface area contributed by atoms with Crippen LogP contribution in [0.15, 0.2) is 48.7 Å². The number of imidazole rings is 1. The van der Waals surface area contributed by atoms with Crippen molar-refractivity contribution in [2.75, 3.05) is 0 Å². The molecule has 0 bridgehead atoms. The van der Waals surface area contributed by atoms with E-state index in [-0.39, 0.29) is 25.8 Å². The van der Waals surface area contributed by atoms with Crippen molar-refractivity contribution in [2.45, 2.75) is 46.4 Å². The molecule has 0 aliphatic heterocycles. The molecule has 0 unspecified atom stereocenters. The molecular formula is C22H25IrN2-. The van der Waals surface area contributed by atoms with Crippen LogP contribution in [-0.2, 0) is 20.1 Å². The molecular weight excluding hydrogens is 484 g/mol. The normalized spacial score (nSPS) is 13.3. The first-order chi connectivity index (χ1) is 12.7. The summed E-state index contributed by atoms with van der Waals surface area (Å²) in [5.74, 6) is 1.20. The van der Waals surface area contributed by atoms with Crippen LogP contribution in [0.5, 0.6) is 0 Å². The van der Waals surface area contributed by atoms with Gasteiger partial charge in [-0.25, -0.2) is 0 Å². The molecule has 2 nitrogen and oxygen atoms in total. The molecule has 3 rings (SSSR count). The third kappa shape index (κ3) is 3.94. The zero-order chi connectivity index (χ0) is 19.8. The minimum atomic E-state index is -2.26. The average Bonchev–Trinajstić information content (AvgIpc) is 3.07. The summed E-state index contributed by atoms with van der Waals surface area (Å²) < 4.78 is 25.4. The molecule has 0 fully saturated rings. The second-order valence-electron chi connectivity index (χ2n) is 6.69. The van der Waals surface area contributed by atoms with Gasteiger partial charge in [-0.1, -0.05) is 45.9 Å². The van der Waals surface area contributed by atoms with Gasteiger partial charge in [-0.2, -0.15) is 0 Å². The Morgan fingerprint density at radius 2 is 1.68 bits per heavy atom. The molecule has 0 saturated heterocycles. The van der Waals surface area contributed by atoms with Crippen LogP contribution < -0.4 is 0 Å². The zero-order valence-corrected chi connectivity index (χ0v) is 17.4. The van der Waals surface area contributed by atoms with Crippen LogP contribution in [0.2, 0.25) is 0 Å². The molecule has 25 heavy (non-hydrogen) atoms. The Bertz CT molecular complexity index is 902. The molecule has 0 saturated carbocycles. The number of aromatic nitrogens is 2. The van der Waals surface area contributed by atoms with Crippen molar-refractivity contribution in [1.29, 1.82) is 0 Å². The van der Waals surface area contributed by atoms with Crippen LogP contribution in [0.4, 0.5) is 0 Å². The van der Waals surface area contributed by atoms with Gasteiger partial charge >= 0.3 is 0 Å². The summed E-state index contributed by atoms with van der Waals surface area (Å²) in [6, 6.07) is 17.0. The number of para-hydroxylation sites is 1. The number of aryl methyl sites for hydroxylation is 1. The molecule has 1 radical (unpaired) electrons. The van der Waals surface area contributed by atoms with Crippen LogP contribution in [0, 0.1) is 12.9 Å². The van der Waals surface area contributed by atoms with Gasteiger partial charge in [0.1, 0.15) is 0 Å². The number of hydrogen-bond donors (Lipinski definition) is 0. The van der Waals surface area contributed by atoms with Gasteiger partial charge in [0, 0.05) is 41.8 Å². The standard InChI is InChI=1S/C22H25N2.Ir/c1-15(2)19-12-9-13-20(16(3)4)21(19)24-14-17(5)23-22(24)18-10-7-6-8-11-18;/h6-10,12-16H,1-5H3;/q-1;/i5D3;. The fourth-order valence-electron chi connectivity index (χ4n) is 3.06. The first kappa shape index (κ1) is 15.5. The van der Waals surface area contributed by atoms with E-state index in [0.29, 0.717) is 17.7 Å². The van der Waals surface area contributed by atoms with Crippen LogP contribution in [-0.4, -0.2) is 9.55 Å². The Morgan fingerprint density at radius 3 is 2.20 bits per heavy atom. The van der Waals surface area contributed by atoms with Gasteiger partial charge in [-0.3, -0.25) is 4.98 Å². The summed E-state index contributed by atoms with van der Waals surface area (Å²) in [6.07, 6.45) is 1.66. The maximum atomic E-state index is 7.83. The monoisotopic (exact) mass is 513 g/mol. The predicted molar refractivity (Wildman–Crippen MR) is 101 cm³/mol. The van der Waals surface area contributed by atoms with Crippen molar-refractivity contribution in [3.8, 4) is 17.1 Å². The summed E-state index contributed by atoms with van der Waals surface area (Å²) in [7, 11) is 0. The van der Waals surface area contributed by atoms with E-state index in [9.17, 15) is 0 Å². The molecule has 1 heterocycles. The molecule has 0 N–H and O–H groups in total. The van der Waals surface area contributed by atoms with Crippen molar-refractivity contribution >= 4 is 0 Å². The van der Waals surface area contributed by atoms with Crippen LogP contribution >= 0.6 is 0 Å². The molecule has 0 amide bonds. The van der Waals surface area contributed by atoms with Crippen molar-refractivity contribution in [3.05, 3.63) is 71.5 Å². The smallest absolute Gasteiger partial charge is 0.0606 e. The summed E-state index contributed by atoms with van der Waals surface area (Å²) in [6.45, 7) is 6.34. The van der Waals surface area contributed by atoms with Crippen LogP contribution in [0.3, 0.4) is 0 Å². The molecule has 0 aliphatic carbocycles. The summed E-state index contributed by atoms with van der Waals surface area (Å²) in [4.78, 5) is 4.50. The maximum absolute atomic E-state index is 7.83.